The number of anilines is 1. The van der Waals surface area contributed by atoms with E-state index in [0.717, 1.165) is 11.4 Å². The van der Waals surface area contributed by atoms with Gasteiger partial charge in [-0.1, -0.05) is 39.5 Å². The van der Waals surface area contributed by atoms with Crippen molar-refractivity contribution in [1.29, 1.82) is 0 Å². The molecule has 0 saturated heterocycles. The molecule has 0 aromatic carbocycles. The minimum Gasteiger partial charge on any atom is -0.382 e. The molecule has 1 aromatic heterocycles. The number of rotatable bonds is 3. The lowest BCUT2D eigenvalue weighted by Gasteiger charge is -2.27. The molecule has 0 radical (unpaired) electrons. The average molecular weight is 342 g/mol. The van der Waals surface area contributed by atoms with Crippen LogP contribution in [0.25, 0.3) is 0 Å². The highest BCUT2D eigenvalue weighted by Gasteiger charge is 2.18. The van der Waals surface area contributed by atoms with Crippen molar-refractivity contribution in [1.82, 2.24) is 4.98 Å². The van der Waals surface area contributed by atoms with E-state index in [9.17, 15) is 0 Å². The molecule has 3 nitrogen and oxygen atoms in total. The van der Waals surface area contributed by atoms with Gasteiger partial charge in [0.2, 0.25) is 0 Å². The lowest BCUT2D eigenvalue weighted by Crippen LogP contribution is -2.24. The molecule has 23 heavy (non-hydrogen) atoms. The smallest absolute Gasteiger partial charge is 0.0512 e. The van der Waals surface area contributed by atoms with Crippen LogP contribution in [0.4, 0.5) is 5.69 Å². The molecule has 2 rings (SSSR count). The molecule has 0 bridgehead atoms. The summed E-state index contributed by atoms with van der Waals surface area (Å²) in [6.07, 6.45) is 7.88. The van der Waals surface area contributed by atoms with Gasteiger partial charge >= 0.3 is 0 Å². The van der Waals surface area contributed by atoms with Gasteiger partial charge in [0.05, 0.1) is 5.88 Å². The van der Waals surface area contributed by atoms with Crippen LogP contribution in [0, 0.1) is 20.8 Å². The number of alkyl halides is 1. The largest absolute Gasteiger partial charge is 0.382 e. The zero-order valence-electron chi connectivity index (χ0n) is 15.9. The van der Waals surface area contributed by atoms with Gasteiger partial charge < -0.3 is 11.1 Å². The van der Waals surface area contributed by atoms with Crippen LogP contribution in [-0.2, 0) is 5.88 Å². The maximum atomic E-state index is 6.10. The lowest BCUT2D eigenvalue weighted by molar-refractivity contribution is 0.462. The number of nitrogens with zero attached hydrogens (tertiary/aromatic N) is 1. The molecule has 1 fully saturated rings. The van der Waals surface area contributed by atoms with E-state index in [1.165, 1.54) is 62.4 Å². The van der Waals surface area contributed by atoms with Crippen LogP contribution in [0.1, 0.15) is 74.9 Å². The molecule has 1 aliphatic carbocycles. The molecule has 0 spiro atoms. The second-order valence-electron chi connectivity index (χ2n) is 6.08. The Balaban J connectivity index is 0.000000868. The van der Waals surface area contributed by atoms with Gasteiger partial charge in [-0.05, 0) is 46.2 Å². The number of halogens is 1. The molecular formula is C19H36ClN3. The minimum absolute atomic E-state index is 0.537. The standard InChI is InChI=1S/C15H23ClN2.C3H8.CH5N/c1-10-11(2)17-12(3)14(9-16)15(10)18-13-7-5-4-6-8-13;1-3-2;1-2/h13H,4-9H2,1-3H3,(H,17,18);3H2,1-2H3;2H2,1H3. The zero-order valence-corrected chi connectivity index (χ0v) is 16.7. The van der Waals surface area contributed by atoms with E-state index in [1.807, 2.05) is 0 Å². The van der Waals surface area contributed by atoms with Crippen molar-refractivity contribution in [2.45, 2.75) is 85.1 Å². The van der Waals surface area contributed by atoms with Crippen molar-refractivity contribution >= 4 is 17.3 Å². The second-order valence-corrected chi connectivity index (χ2v) is 6.35. The van der Waals surface area contributed by atoms with E-state index in [4.69, 9.17) is 11.6 Å². The highest BCUT2D eigenvalue weighted by molar-refractivity contribution is 6.17. The van der Waals surface area contributed by atoms with Crippen LogP contribution < -0.4 is 11.1 Å². The summed E-state index contributed by atoms with van der Waals surface area (Å²) in [5.74, 6) is 0.537. The summed E-state index contributed by atoms with van der Waals surface area (Å²) in [7, 11) is 1.50. The summed E-state index contributed by atoms with van der Waals surface area (Å²) in [4.78, 5) is 4.57. The number of hydrogen-bond acceptors (Lipinski definition) is 3. The summed E-state index contributed by atoms with van der Waals surface area (Å²) in [6, 6.07) is 0.612. The molecule has 0 unspecified atom stereocenters. The predicted octanol–water partition coefficient (Wildman–Crippen LogP) is 5.48. The first kappa shape index (κ1) is 22.2. The number of pyridine rings is 1. The van der Waals surface area contributed by atoms with Crippen LogP contribution in [0.3, 0.4) is 0 Å². The molecule has 0 amide bonds. The fourth-order valence-corrected chi connectivity index (χ4v) is 3.13. The average Bonchev–Trinajstić information content (AvgIpc) is 2.56. The van der Waals surface area contributed by atoms with Gasteiger partial charge in [0.25, 0.3) is 0 Å². The maximum absolute atomic E-state index is 6.10. The summed E-state index contributed by atoms with van der Waals surface area (Å²) >= 11 is 6.10. The predicted molar refractivity (Wildman–Crippen MR) is 105 cm³/mol. The van der Waals surface area contributed by atoms with E-state index >= 15 is 0 Å². The van der Waals surface area contributed by atoms with Crippen LogP contribution in [-0.4, -0.2) is 18.1 Å². The molecule has 1 aromatic rings. The SMILES string of the molecule is CCC.CN.Cc1nc(C)c(CCl)c(NC2CCCCC2)c1C. The highest BCUT2D eigenvalue weighted by atomic mass is 35.5. The first-order valence-corrected chi connectivity index (χ1v) is 9.45. The van der Waals surface area contributed by atoms with E-state index in [2.05, 4.69) is 50.7 Å². The molecule has 4 heteroatoms. The number of hydrogen-bond donors (Lipinski definition) is 2. The topological polar surface area (TPSA) is 50.9 Å². The fourth-order valence-electron chi connectivity index (χ4n) is 2.80. The van der Waals surface area contributed by atoms with E-state index in [1.54, 1.807) is 0 Å². The Bertz CT molecular complexity index is 441. The lowest BCUT2D eigenvalue weighted by atomic mass is 9.94. The van der Waals surface area contributed by atoms with Crippen molar-refractivity contribution in [3.05, 3.63) is 22.5 Å². The van der Waals surface area contributed by atoms with Crippen molar-refractivity contribution in [3.63, 3.8) is 0 Å². The maximum Gasteiger partial charge on any atom is 0.0512 e. The minimum atomic E-state index is 0.537. The van der Waals surface area contributed by atoms with E-state index in [0.29, 0.717) is 11.9 Å². The van der Waals surface area contributed by atoms with Crippen LogP contribution in [0.15, 0.2) is 0 Å². The van der Waals surface area contributed by atoms with Gasteiger partial charge in [0, 0.05) is 28.7 Å². The summed E-state index contributed by atoms with van der Waals surface area (Å²) < 4.78 is 0. The molecule has 1 heterocycles. The third-order valence-electron chi connectivity index (χ3n) is 4.08. The quantitative estimate of drug-likeness (QED) is 0.715. The Hall–Kier alpha value is -0.800. The van der Waals surface area contributed by atoms with Crippen molar-refractivity contribution in [3.8, 4) is 0 Å². The van der Waals surface area contributed by atoms with Crippen molar-refractivity contribution in [2.24, 2.45) is 5.73 Å². The Labute approximate surface area is 148 Å². The monoisotopic (exact) mass is 341 g/mol. The molecule has 134 valence electrons. The Kier molecular flexibility index (Phi) is 12.2. The van der Waals surface area contributed by atoms with E-state index < -0.39 is 0 Å². The Morgan fingerprint density at radius 3 is 2.04 bits per heavy atom. The summed E-state index contributed by atoms with van der Waals surface area (Å²) in [6.45, 7) is 10.5. The Morgan fingerprint density at radius 1 is 1.04 bits per heavy atom. The summed E-state index contributed by atoms with van der Waals surface area (Å²) in [5.41, 5.74) is 10.3. The third-order valence-corrected chi connectivity index (χ3v) is 4.35. The third kappa shape index (κ3) is 7.09. The molecule has 0 aliphatic heterocycles. The molecular weight excluding hydrogens is 306 g/mol. The van der Waals surface area contributed by atoms with E-state index in [-0.39, 0.29) is 0 Å². The first-order valence-electron chi connectivity index (χ1n) is 8.91. The molecule has 1 saturated carbocycles. The number of nitrogens with two attached hydrogens (primary N) is 1. The van der Waals surface area contributed by atoms with Gasteiger partial charge in [-0.25, -0.2) is 0 Å². The van der Waals surface area contributed by atoms with Gasteiger partial charge in [-0.2, -0.15) is 0 Å². The van der Waals surface area contributed by atoms with Gasteiger partial charge in [-0.15, -0.1) is 11.6 Å². The number of nitrogens with one attached hydrogen (secondary N) is 1. The summed E-state index contributed by atoms with van der Waals surface area (Å²) in [5, 5.41) is 3.73. The fraction of sp³-hybridized carbons (Fsp3) is 0.737. The van der Waals surface area contributed by atoms with Gasteiger partial charge in [-0.3, -0.25) is 4.98 Å². The van der Waals surface area contributed by atoms with Crippen LogP contribution in [0.5, 0.6) is 0 Å². The zero-order chi connectivity index (χ0) is 17.8. The van der Waals surface area contributed by atoms with Crippen molar-refractivity contribution < 1.29 is 0 Å². The molecule has 0 atom stereocenters. The normalized spacial score (nSPS) is 14.3. The van der Waals surface area contributed by atoms with Gasteiger partial charge in [0.15, 0.2) is 0 Å². The van der Waals surface area contributed by atoms with Crippen LogP contribution >= 0.6 is 11.6 Å². The van der Waals surface area contributed by atoms with Crippen LogP contribution in [0.2, 0.25) is 0 Å². The first-order chi connectivity index (χ1) is 11.0. The molecule has 3 N–H and O–H groups in total. The highest BCUT2D eigenvalue weighted by Crippen LogP contribution is 2.30. The number of aryl methyl sites for hydroxylation is 2. The molecule has 1 aliphatic rings. The second kappa shape index (κ2) is 12.6. The Morgan fingerprint density at radius 2 is 1.57 bits per heavy atom. The van der Waals surface area contributed by atoms with Gasteiger partial charge in [0.1, 0.15) is 0 Å². The number of aromatic nitrogens is 1. The van der Waals surface area contributed by atoms with Crippen molar-refractivity contribution in [2.75, 3.05) is 12.4 Å².